The number of rotatable bonds is 5. The van der Waals surface area contributed by atoms with Gasteiger partial charge in [0.1, 0.15) is 5.75 Å². The Morgan fingerprint density at radius 2 is 2.11 bits per heavy atom. The summed E-state index contributed by atoms with van der Waals surface area (Å²) in [6.07, 6.45) is 2.52. The summed E-state index contributed by atoms with van der Waals surface area (Å²) < 4.78 is 12.4. The first kappa shape index (κ1) is 13.5. The summed E-state index contributed by atoms with van der Waals surface area (Å²) in [7, 11) is 1.41. The van der Waals surface area contributed by atoms with Crippen LogP contribution < -0.4 is 4.74 Å². The first-order valence-electron chi connectivity index (χ1n) is 6.42. The minimum atomic E-state index is -0.193. The van der Waals surface area contributed by atoms with Crippen LogP contribution in [0.4, 0.5) is 0 Å². The fourth-order valence-corrected chi connectivity index (χ4v) is 2.03. The van der Waals surface area contributed by atoms with Crippen LogP contribution in [0.1, 0.15) is 20.3 Å². The molecule has 1 aromatic heterocycles. The topological polar surface area (TPSA) is 40.5 Å². The van der Waals surface area contributed by atoms with E-state index in [1.54, 1.807) is 0 Å². The molecule has 0 unspecified atom stereocenters. The number of nitrogens with zero attached hydrogens (tertiary/aromatic N) is 1. The Bertz CT molecular complexity index is 572. The minimum absolute atomic E-state index is 0.166. The van der Waals surface area contributed by atoms with Gasteiger partial charge < -0.3 is 14.0 Å². The van der Waals surface area contributed by atoms with Gasteiger partial charge in [0.05, 0.1) is 19.6 Å². The van der Waals surface area contributed by atoms with E-state index in [4.69, 9.17) is 4.74 Å². The molecule has 0 aliphatic heterocycles. The summed E-state index contributed by atoms with van der Waals surface area (Å²) in [5.74, 6) is 0.676. The normalized spacial score (nSPS) is 10.9. The maximum atomic E-state index is 11.2. The van der Waals surface area contributed by atoms with E-state index in [0.29, 0.717) is 13.0 Å². The molecular weight excluding hydrogens is 242 g/mol. The fourth-order valence-electron chi connectivity index (χ4n) is 2.03. The van der Waals surface area contributed by atoms with Gasteiger partial charge in [-0.15, -0.1) is 0 Å². The van der Waals surface area contributed by atoms with Crippen LogP contribution in [0.15, 0.2) is 30.5 Å². The predicted molar refractivity (Wildman–Crippen MR) is 74.3 cm³/mol. The third kappa shape index (κ3) is 3.28. The van der Waals surface area contributed by atoms with Gasteiger partial charge >= 0.3 is 5.97 Å². The lowest BCUT2D eigenvalue weighted by molar-refractivity contribution is -0.140. The van der Waals surface area contributed by atoms with Gasteiger partial charge in [0.15, 0.2) is 0 Å². The van der Waals surface area contributed by atoms with Crippen LogP contribution in [0.3, 0.4) is 0 Å². The van der Waals surface area contributed by atoms with E-state index in [9.17, 15) is 4.79 Å². The van der Waals surface area contributed by atoms with E-state index in [1.165, 1.54) is 7.11 Å². The van der Waals surface area contributed by atoms with Crippen molar-refractivity contribution < 1.29 is 14.3 Å². The molecular formula is C15H19NO3. The van der Waals surface area contributed by atoms with Crippen molar-refractivity contribution in [1.29, 1.82) is 0 Å². The highest BCUT2D eigenvalue weighted by atomic mass is 16.5. The first-order chi connectivity index (χ1) is 9.10. The van der Waals surface area contributed by atoms with Crippen LogP contribution in [-0.2, 0) is 16.1 Å². The molecule has 0 fully saturated rings. The molecule has 0 aliphatic carbocycles. The average molecular weight is 261 g/mol. The molecule has 0 saturated carbocycles. The van der Waals surface area contributed by atoms with Gasteiger partial charge in [-0.05, 0) is 38.1 Å². The van der Waals surface area contributed by atoms with E-state index >= 15 is 0 Å². The Kier molecular flexibility index (Phi) is 4.10. The molecule has 0 N–H and O–H groups in total. The first-order valence-corrected chi connectivity index (χ1v) is 6.42. The Labute approximate surface area is 112 Å². The predicted octanol–water partition coefficient (Wildman–Crippen LogP) is 2.99. The molecule has 0 atom stereocenters. The Hall–Kier alpha value is -1.97. The van der Waals surface area contributed by atoms with Crippen molar-refractivity contribution in [3.8, 4) is 5.75 Å². The maximum Gasteiger partial charge on any atom is 0.307 e. The zero-order valence-electron chi connectivity index (χ0n) is 11.6. The second kappa shape index (κ2) is 5.78. The van der Waals surface area contributed by atoms with Gasteiger partial charge in [-0.3, -0.25) is 4.79 Å². The zero-order valence-corrected chi connectivity index (χ0v) is 11.6. The van der Waals surface area contributed by atoms with E-state index in [0.717, 1.165) is 16.7 Å². The molecule has 0 bridgehead atoms. The van der Waals surface area contributed by atoms with E-state index in [2.05, 4.69) is 4.74 Å². The molecule has 2 rings (SSSR count). The van der Waals surface area contributed by atoms with Crippen LogP contribution in [0, 0.1) is 0 Å². The maximum absolute atomic E-state index is 11.2. The number of hydrogen-bond acceptors (Lipinski definition) is 3. The lowest BCUT2D eigenvalue weighted by Crippen LogP contribution is -2.06. The monoisotopic (exact) mass is 261 g/mol. The van der Waals surface area contributed by atoms with Crippen LogP contribution in [0.5, 0.6) is 5.75 Å². The smallest absolute Gasteiger partial charge is 0.307 e. The van der Waals surface area contributed by atoms with E-state index in [1.807, 2.05) is 48.9 Å². The molecule has 4 heteroatoms. The lowest BCUT2D eigenvalue weighted by Gasteiger charge is -2.10. The largest absolute Gasteiger partial charge is 0.491 e. The van der Waals surface area contributed by atoms with Gasteiger partial charge in [-0.2, -0.15) is 0 Å². The molecule has 0 radical (unpaired) electrons. The third-order valence-corrected chi connectivity index (χ3v) is 2.90. The number of hydrogen-bond donors (Lipinski definition) is 0. The highest BCUT2D eigenvalue weighted by molar-refractivity contribution is 5.82. The van der Waals surface area contributed by atoms with Crippen molar-refractivity contribution >= 4 is 16.9 Å². The minimum Gasteiger partial charge on any atom is -0.491 e. The van der Waals surface area contributed by atoms with Crippen LogP contribution >= 0.6 is 0 Å². The summed E-state index contributed by atoms with van der Waals surface area (Å²) in [5, 5.41) is 1.11. The summed E-state index contributed by atoms with van der Waals surface area (Å²) in [5.41, 5.74) is 1.10. The zero-order chi connectivity index (χ0) is 13.8. The summed E-state index contributed by atoms with van der Waals surface area (Å²) in [6.45, 7) is 4.64. The molecule has 2 aromatic rings. The summed E-state index contributed by atoms with van der Waals surface area (Å²) >= 11 is 0. The van der Waals surface area contributed by atoms with Gasteiger partial charge in [-0.1, -0.05) is 0 Å². The quantitative estimate of drug-likeness (QED) is 0.777. The number of carbonyl (C=O) groups is 1. The van der Waals surface area contributed by atoms with E-state index in [-0.39, 0.29) is 12.1 Å². The second-order valence-corrected chi connectivity index (χ2v) is 4.72. The number of aromatic nitrogens is 1. The fraction of sp³-hybridized carbons (Fsp3) is 0.400. The Morgan fingerprint density at radius 3 is 2.79 bits per heavy atom. The van der Waals surface area contributed by atoms with Crippen molar-refractivity contribution in [3.05, 3.63) is 30.5 Å². The SMILES string of the molecule is COC(=O)CCn1ccc2cc(OC(C)C)ccc21. The molecule has 0 aliphatic rings. The number of aryl methyl sites for hydroxylation is 1. The highest BCUT2D eigenvalue weighted by Gasteiger charge is 2.06. The van der Waals surface area contributed by atoms with Crippen LogP contribution in [-0.4, -0.2) is 23.8 Å². The standard InChI is InChI=1S/C15H19NO3/c1-11(2)19-13-4-5-14-12(10-13)6-8-16(14)9-7-15(17)18-3/h4-6,8,10-11H,7,9H2,1-3H3. The molecule has 1 aromatic carbocycles. The molecule has 0 spiro atoms. The number of carbonyl (C=O) groups excluding carboxylic acids is 1. The molecule has 1 heterocycles. The highest BCUT2D eigenvalue weighted by Crippen LogP contribution is 2.23. The van der Waals surface area contributed by atoms with Crippen LogP contribution in [0.2, 0.25) is 0 Å². The van der Waals surface area contributed by atoms with Gasteiger partial charge in [0.25, 0.3) is 0 Å². The van der Waals surface area contributed by atoms with E-state index < -0.39 is 0 Å². The second-order valence-electron chi connectivity index (χ2n) is 4.72. The molecule has 102 valence electrons. The molecule has 0 saturated heterocycles. The van der Waals surface area contributed by atoms with Crippen molar-refractivity contribution in [3.63, 3.8) is 0 Å². The molecule has 19 heavy (non-hydrogen) atoms. The van der Waals surface area contributed by atoms with Crippen molar-refractivity contribution in [2.24, 2.45) is 0 Å². The Balaban J connectivity index is 2.17. The summed E-state index contributed by atoms with van der Waals surface area (Å²) in [6, 6.07) is 8.02. The average Bonchev–Trinajstić information content (AvgIpc) is 2.77. The third-order valence-electron chi connectivity index (χ3n) is 2.90. The summed E-state index contributed by atoms with van der Waals surface area (Å²) in [4.78, 5) is 11.2. The van der Waals surface area contributed by atoms with Crippen molar-refractivity contribution in [2.75, 3.05) is 7.11 Å². The number of esters is 1. The number of fused-ring (bicyclic) bond motifs is 1. The number of benzene rings is 1. The lowest BCUT2D eigenvalue weighted by atomic mass is 10.2. The van der Waals surface area contributed by atoms with Gasteiger partial charge in [0, 0.05) is 23.6 Å². The number of methoxy groups -OCH3 is 1. The molecule has 0 amide bonds. The molecule has 4 nitrogen and oxygen atoms in total. The number of ether oxygens (including phenoxy) is 2. The van der Waals surface area contributed by atoms with Crippen LogP contribution in [0.25, 0.3) is 10.9 Å². The van der Waals surface area contributed by atoms with Gasteiger partial charge in [0.2, 0.25) is 0 Å². The van der Waals surface area contributed by atoms with Gasteiger partial charge in [-0.25, -0.2) is 0 Å². The van der Waals surface area contributed by atoms with Crippen molar-refractivity contribution in [2.45, 2.75) is 32.9 Å². The Morgan fingerprint density at radius 1 is 1.32 bits per heavy atom. The van der Waals surface area contributed by atoms with Crippen molar-refractivity contribution in [1.82, 2.24) is 4.57 Å².